The Morgan fingerprint density at radius 1 is 1.12 bits per heavy atom. The highest BCUT2D eigenvalue weighted by atomic mass is 16.7. The van der Waals surface area contributed by atoms with Gasteiger partial charge in [0.25, 0.3) is 5.91 Å². The van der Waals surface area contributed by atoms with E-state index in [1.54, 1.807) is 42.5 Å². The number of benzene rings is 2. The average molecular weight is 450 g/mol. The number of hydrogen-bond acceptors (Lipinski definition) is 6. The van der Waals surface area contributed by atoms with Crippen LogP contribution in [0.1, 0.15) is 31.2 Å². The summed E-state index contributed by atoms with van der Waals surface area (Å²) in [6, 6.07) is 16.1. The average Bonchev–Trinajstić information content (AvgIpc) is 2.84. The van der Waals surface area contributed by atoms with Gasteiger partial charge >= 0.3 is 0 Å². The number of nitrogens with one attached hydrogen (secondary N) is 1. The lowest BCUT2D eigenvalue weighted by molar-refractivity contribution is -0.165. The first-order valence-corrected chi connectivity index (χ1v) is 11.1. The Morgan fingerprint density at radius 2 is 1.88 bits per heavy atom. The number of hydrogen-bond donors (Lipinski definition) is 2. The Bertz CT molecular complexity index is 1190. The number of aliphatic hydroxyl groups is 1. The molecule has 0 spiro atoms. The van der Waals surface area contributed by atoms with E-state index < -0.39 is 18.1 Å². The summed E-state index contributed by atoms with van der Waals surface area (Å²) in [4.78, 5) is 26.4. The second-order valence-electron chi connectivity index (χ2n) is 7.86. The van der Waals surface area contributed by atoms with Crippen molar-refractivity contribution in [3.8, 4) is 0 Å². The first kappa shape index (κ1) is 22.8. The van der Waals surface area contributed by atoms with E-state index in [1.807, 2.05) is 25.1 Å². The van der Waals surface area contributed by atoms with Gasteiger partial charge in [-0.15, -0.1) is 0 Å². The zero-order valence-electron chi connectivity index (χ0n) is 18.4. The van der Waals surface area contributed by atoms with Crippen LogP contribution in [0, 0.1) is 5.92 Å². The van der Waals surface area contributed by atoms with Crippen LogP contribution in [-0.4, -0.2) is 30.5 Å². The number of rotatable bonds is 8. The van der Waals surface area contributed by atoms with Crippen LogP contribution < -0.4 is 10.7 Å². The third-order valence-electron chi connectivity index (χ3n) is 5.73. The number of carbonyl (C=O) groups is 1. The van der Waals surface area contributed by atoms with Crippen molar-refractivity contribution >= 4 is 22.6 Å². The third kappa shape index (κ3) is 4.99. The van der Waals surface area contributed by atoms with Crippen molar-refractivity contribution in [2.75, 3.05) is 18.5 Å². The Labute approximate surface area is 191 Å². The zero-order valence-corrected chi connectivity index (χ0v) is 18.4. The molecule has 2 aromatic carbocycles. The zero-order chi connectivity index (χ0) is 23.2. The van der Waals surface area contributed by atoms with E-state index >= 15 is 0 Å². The molecule has 0 aliphatic carbocycles. The van der Waals surface area contributed by atoms with Gasteiger partial charge in [0.1, 0.15) is 5.58 Å². The number of aliphatic hydroxyl groups excluding tert-OH is 1. The maximum absolute atomic E-state index is 13.4. The number of ether oxygens (including phenoxy) is 2. The molecule has 0 fully saturated rings. The molecular formula is C26H27NO6. The molecule has 1 aliphatic heterocycles. The van der Waals surface area contributed by atoms with Crippen LogP contribution in [0.15, 0.2) is 81.9 Å². The van der Waals surface area contributed by atoms with Gasteiger partial charge in [0.05, 0.1) is 11.6 Å². The molecule has 2 heterocycles. The summed E-state index contributed by atoms with van der Waals surface area (Å²) in [5.41, 5.74) is 1.39. The Balaban J connectivity index is 1.76. The van der Waals surface area contributed by atoms with E-state index in [1.165, 1.54) is 6.26 Å². The van der Waals surface area contributed by atoms with Crippen molar-refractivity contribution in [1.29, 1.82) is 0 Å². The molecule has 1 aromatic heterocycles. The van der Waals surface area contributed by atoms with Crippen molar-refractivity contribution in [2.45, 2.75) is 32.0 Å². The molecule has 33 heavy (non-hydrogen) atoms. The number of amides is 1. The first-order valence-electron chi connectivity index (χ1n) is 11.1. The van der Waals surface area contributed by atoms with Crippen molar-refractivity contribution in [1.82, 2.24) is 0 Å². The van der Waals surface area contributed by atoms with Crippen LogP contribution in [0.5, 0.6) is 0 Å². The maximum Gasteiger partial charge on any atom is 0.290 e. The number of fused-ring (bicyclic) bond motifs is 1. The monoisotopic (exact) mass is 449 g/mol. The molecule has 0 saturated heterocycles. The molecule has 3 atom stereocenters. The molecular weight excluding hydrogens is 422 g/mol. The summed E-state index contributed by atoms with van der Waals surface area (Å²) in [6.07, 6.45) is 3.42. The molecule has 0 bridgehead atoms. The minimum absolute atomic E-state index is 0.000539. The summed E-state index contributed by atoms with van der Waals surface area (Å²) in [5, 5.41) is 12.7. The molecule has 0 saturated carbocycles. The largest absolute Gasteiger partial charge is 0.464 e. The predicted octanol–water partition coefficient (Wildman–Crippen LogP) is 4.18. The summed E-state index contributed by atoms with van der Waals surface area (Å²) in [5.74, 6) is -1.12. The minimum atomic E-state index is -0.751. The fourth-order valence-corrected chi connectivity index (χ4v) is 4.16. The van der Waals surface area contributed by atoms with E-state index in [4.69, 9.17) is 13.9 Å². The van der Waals surface area contributed by atoms with Crippen molar-refractivity contribution < 1.29 is 23.8 Å². The lowest BCUT2D eigenvalue weighted by Gasteiger charge is -2.36. The topological polar surface area (TPSA) is 98.0 Å². The number of allylic oxidation sites excluding steroid dienone is 1. The van der Waals surface area contributed by atoms with Gasteiger partial charge in [-0.3, -0.25) is 9.59 Å². The fraction of sp³-hybridized carbons (Fsp3) is 0.308. The fourth-order valence-electron chi connectivity index (χ4n) is 4.16. The molecule has 2 N–H and O–H groups in total. The highest BCUT2D eigenvalue weighted by Gasteiger charge is 2.39. The number of carbonyl (C=O) groups excluding carboxylic acids is 1. The molecule has 7 heteroatoms. The lowest BCUT2D eigenvalue weighted by atomic mass is 9.81. The molecule has 0 unspecified atom stereocenters. The van der Waals surface area contributed by atoms with Gasteiger partial charge in [0.2, 0.25) is 6.29 Å². The summed E-state index contributed by atoms with van der Waals surface area (Å²) in [6.45, 7) is 2.21. The molecule has 0 radical (unpaired) electrons. The van der Waals surface area contributed by atoms with Crippen LogP contribution in [0.25, 0.3) is 11.0 Å². The van der Waals surface area contributed by atoms with E-state index in [0.717, 1.165) is 0 Å². The van der Waals surface area contributed by atoms with Gasteiger partial charge in [-0.2, -0.15) is 0 Å². The Morgan fingerprint density at radius 3 is 2.64 bits per heavy atom. The number of para-hydroxylation sites is 2. The minimum Gasteiger partial charge on any atom is -0.464 e. The van der Waals surface area contributed by atoms with E-state index in [9.17, 15) is 14.7 Å². The summed E-state index contributed by atoms with van der Waals surface area (Å²) >= 11 is 0. The second kappa shape index (κ2) is 10.5. The molecule has 1 aliphatic rings. The SMILES string of the molecule is CCO[C@@H]1OC(C(=O)Nc2ccccc2)=C[C@H](c2coc3ccccc3c2=O)[C@H]1CCCO. The Kier molecular flexibility index (Phi) is 7.22. The van der Waals surface area contributed by atoms with Crippen LogP contribution in [0.2, 0.25) is 0 Å². The van der Waals surface area contributed by atoms with Gasteiger partial charge in [-0.25, -0.2) is 0 Å². The predicted molar refractivity (Wildman–Crippen MR) is 125 cm³/mol. The van der Waals surface area contributed by atoms with Crippen molar-refractivity contribution in [2.24, 2.45) is 5.92 Å². The van der Waals surface area contributed by atoms with Crippen molar-refractivity contribution in [3.05, 3.63) is 88.5 Å². The quantitative estimate of drug-likeness (QED) is 0.535. The van der Waals surface area contributed by atoms with E-state index in [0.29, 0.717) is 41.7 Å². The van der Waals surface area contributed by atoms with Gasteiger partial charge in [0, 0.05) is 36.3 Å². The smallest absolute Gasteiger partial charge is 0.290 e. The van der Waals surface area contributed by atoms with Crippen LogP contribution >= 0.6 is 0 Å². The van der Waals surface area contributed by atoms with Crippen LogP contribution in [-0.2, 0) is 14.3 Å². The molecule has 3 aromatic rings. The van der Waals surface area contributed by atoms with Crippen LogP contribution in [0.3, 0.4) is 0 Å². The third-order valence-corrected chi connectivity index (χ3v) is 5.73. The van der Waals surface area contributed by atoms with E-state index in [-0.39, 0.29) is 23.7 Å². The first-order chi connectivity index (χ1) is 16.1. The van der Waals surface area contributed by atoms with Gasteiger partial charge in [-0.05, 0) is 50.1 Å². The normalized spacial score (nSPS) is 20.2. The Hall–Kier alpha value is -3.42. The standard InChI is InChI=1S/C26H27NO6/c1-2-31-26-18(12-8-14-28)20(21-16-32-22-13-7-6-11-19(22)24(21)29)15-23(33-26)25(30)27-17-9-4-3-5-10-17/h3-7,9-11,13,15-16,18,20,26,28H,2,8,12,14H2,1H3,(H,27,30)/t18-,20+,26-/m1/s1. The molecule has 7 nitrogen and oxygen atoms in total. The lowest BCUT2D eigenvalue weighted by Crippen LogP contribution is -2.38. The van der Waals surface area contributed by atoms with Gasteiger partial charge in [0.15, 0.2) is 11.2 Å². The van der Waals surface area contributed by atoms with Gasteiger partial charge in [-0.1, -0.05) is 30.3 Å². The van der Waals surface area contributed by atoms with Crippen molar-refractivity contribution in [3.63, 3.8) is 0 Å². The van der Waals surface area contributed by atoms with Crippen LogP contribution in [0.4, 0.5) is 5.69 Å². The highest BCUT2D eigenvalue weighted by Crippen LogP contribution is 2.39. The summed E-state index contributed by atoms with van der Waals surface area (Å²) < 4.78 is 17.6. The second-order valence-corrected chi connectivity index (χ2v) is 7.86. The molecule has 1 amide bonds. The number of anilines is 1. The van der Waals surface area contributed by atoms with E-state index in [2.05, 4.69) is 5.32 Å². The summed E-state index contributed by atoms with van der Waals surface area (Å²) in [7, 11) is 0. The maximum atomic E-state index is 13.4. The molecule has 172 valence electrons. The molecule has 4 rings (SSSR count). The highest BCUT2D eigenvalue weighted by molar-refractivity contribution is 6.02. The van der Waals surface area contributed by atoms with Gasteiger partial charge < -0.3 is 24.3 Å².